The van der Waals surface area contributed by atoms with Crippen LogP contribution in [0.25, 0.3) is 22.0 Å². The first-order chi connectivity index (χ1) is 14.7. The number of aromatic nitrogens is 1. The van der Waals surface area contributed by atoms with Gasteiger partial charge in [0.15, 0.2) is 0 Å². The maximum atomic E-state index is 13.2. The number of rotatable bonds is 2. The van der Waals surface area contributed by atoms with Gasteiger partial charge in [0.1, 0.15) is 0 Å². The average Bonchev–Trinajstić information content (AvgIpc) is 3.45. The second-order valence-electron chi connectivity index (χ2n) is 9.23. The lowest BCUT2D eigenvalue weighted by molar-refractivity contribution is 0.0774. The molecular weight excluding hydrogens is 372 g/mol. The molecule has 1 aliphatic carbocycles. The quantitative estimate of drug-likeness (QED) is 0.635. The number of aryl methyl sites for hydroxylation is 1. The van der Waals surface area contributed by atoms with Crippen LogP contribution < -0.4 is 0 Å². The maximum absolute atomic E-state index is 13.2. The van der Waals surface area contributed by atoms with Crippen molar-refractivity contribution in [3.05, 3.63) is 65.9 Å². The molecule has 0 N–H and O–H groups in total. The first-order valence-electron chi connectivity index (χ1n) is 11.0. The van der Waals surface area contributed by atoms with E-state index in [1.54, 1.807) is 0 Å². The highest BCUT2D eigenvalue weighted by Crippen LogP contribution is 2.48. The minimum atomic E-state index is 0.168. The van der Waals surface area contributed by atoms with Crippen LogP contribution >= 0.6 is 0 Å². The molecule has 3 fully saturated rings. The van der Waals surface area contributed by atoms with Gasteiger partial charge in [-0.1, -0.05) is 30.3 Å². The summed E-state index contributed by atoms with van der Waals surface area (Å²) >= 11 is 0. The highest BCUT2D eigenvalue weighted by molar-refractivity contribution is 5.97. The van der Waals surface area contributed by atoms with Crippen LogP contribution in [0.4, 0.5) is 0 Å². The van der Waals surface area contributed by atoms with Gasteiger partial charge in [0.05, 0.1) is 12.1 Å². The van der Waals surface area contributed by atoms with Crippen molar-refractivity contribution >= 4 is 16.8 Å². The van der Waals surface area contributed by atoms with Crippen molar-refractivity contribution in [1.82, 2.24) is 9.88 Å². The van der Waals surface area contributed by atoms with Gasteiger partial charge in [0.2, 0.25) is 0 Å². The van der Waals surface area contributed by atoms with E-state index in [1.807, 2.05) is 37.3 Å². The lowest BCUT2D eigenvalue weighted by Gasteiger charge is -2.20. The molecule has 2 aliphatic heterocycles. The van der Waals surface area contributed by atoms with Crippen molar-refractivity contribution in [2.45, 2.75) is 13.3 Å². The molecule has 3 heterocycles. The topological polar surface area (TPSA) is 42.4 Å². The number of nitrogens with zero attached hydrogens (tertiary/aromatic N) is 2. The van der Waals surface area contributed by atoms with Crippen molar-refractivity contribution < 1.29 is 9.53 Å². The van der Waals surface area contributed by atoms with Gasteiger partial charge in [-0.05, 0) is 72.4 Å². The summed E-state index contributed by atoms with van der Waals surface area (Å²) in [5.41, 5.74) is 5.08. The lowest BCUT2D eigenvalue weighted by atomic mass is 9.91. The number of likely N-dealkylation sites (tertiary alicyclic amines) is 1. The van der Waals surface area contributed by atoms with E-state index in [1.165, 1.54) is 6.42 Å². The highest BCUT2D eigenvalue weighted by atomic mass is 16.5. The van der Waals surface area contributed by atoms with Crippen molar-refractivity contribution in [3.63, 3.8) is 0 Å². The molecule has 0 bridgehead atoms. The zero-order chi connectivity index (χ0) is 20.2. The van der Waals surface area contributed by atoms with Crippen molar-refractivity contribution in [2.24, 2.45) is 23.7 Å². The molecule has 2 aromatic carbocycles. The zero-order valence-corrected chi connectivity index (χ0v) is 17.3. The third kappa shape index (κ3) is 2.85. The molecule has 152 valence electrons. The fraction of sp³-hybridized carbons (Fsp3) is 0.385. The number of amides is 1. The molecule has 3 aliphatic rings. The molecule has 4 atom stereocenters. The second-order valence-corrected chi connectivity index (χ2v) is 9.23. The summed E-state index contributed by atoms with van der Waals surface area (Å²) in [4.78, 5) is 19.9. The van der Waals surface area contributed by atoms with Crippen LogP contribution in [-0.2, 0) is 4.74 Å². The fourth-order valence-corrected chi connectivity index (χ4v) is 6.00. The molecule has 0 unspecified atom stereocenters. The normalized spacial score (nSPS) is 27.4. The number of ether oxygens (including phenoxy) is 1. The summed E-state index contributed by atoms with van der Waals surface area (Å²) in [6.45, 7) is 5.63. The van der Waals surface area contributed by atoms with Crippen LogP contribution in [0, 0.1) is 30.6 Å². The molecule has 1 aromatic heterocycles. The summed E-state index contributed by atoms with van der Waals surface area (Å²) in [5.74, 6) is 2.86. The largest absolute Gasteiger partial charge is 0.381 e. The lowest BCUT2D eigenvalue weighted by Crippen LogP contribution is -2.31. The third-order valence-corrected chi connectivity index (χ3v) is 7.50. The molecule has 0 radical (unpaired) electrons. The monoisotopic (exact) mass is 398 g/mol. The van der Waals surface area contributed by atoms with Crippen LogP contribution in [0.2, 0.25) is 0 Å². The summed E-state index contributed by atoms with van der Waals surface area (Å²) in [6.07, 6.45) is 1.23. The van der Waals surface area contributed by atoms with E-state index in [4.69, 9.17) is 4.74 Å². The number of carbonyl (C=O) groups excluding carboxylic acids is 1. The molecule has 0 spiro atoms. The number of hydrogen-bond acceptors (Lipinski definition) is 3. The van der Waals surface area contributed by atoms with Crippen molar-refractivity contribution in [3.8, 4) is 11.1 Å². The van der Waals surface area contributed by atoms with Crippen LogP contribution in [0.5, 0.6) is 0 Å². The first-order valence-corrected chi connectivity index (χ1v) is 11.0. The molecule has 6 rings (SSSR count). The Hall–Kier alpha value is -2.72. The van der Waals surface area contributed by atoms with E-state index in [0.717, 1.165) is 65.5 Å². The minimum Gasteiger partial charge on any atom is -0.381 e. The molecule has 4 nitrogen and oxygen atoms in total. The SMILES string of the molecule is Cc1ccc2c(-c3ccc(C(=O)N4C[C@@H]5C[C@@H]6COC[C@@H]6[C@@H]5C4)cc3)cccc2n1. The van der Waals surface area contributed by atoms with Gasteiger partial charge in [0, 0.05) is 36.3 Å². The molecule has 2 saturated heterocycles. The Kier molecular flexibility index (Phi) is 4.17. The summed E-state index contributed by atoms with van der Waals surface area (Å²) < 4.78 is 5.68. The smallest absolute Gasteiger partial charge is 0.253 e. The number of pyridine rings is 1. The Morgan fingerprint density at radius 2 is 1.83 bits per heavy atom. The number of hydrogen-bond donors (Lipinski definition) is 0. The summed E-state index contributed by atoms with van der Waals surface area (Å²) in [7, 11) is 0. The Bertz CT molecular complexity index is 1120. The molecule has 4 heteroatoms. The number of benzene rings is 2. The summed E-state index contributed by atoms with van der Waals surface area (Å²) in [5, 5.41) is 1.14. The van der Waals surface area contributed by atoms with Gasteiger partial charge in [-0.25, -0.2) is 0 Å². The van der Waals surface area contributed by atoms with Crippen molar-refractivity contribution in [1.29, 1.82) is 0 Å². The predicted molar refractivity (Wildman–Crippen MR) is 117 cm³/mol. The second kappa shape index (κ2) is 6.92. The molecule has 30 heavy (non-hydrogen) atoms. The molecular formula is C26H26N2O2. The standard InChI is InChI=1S/C26H26N2O2/c1-16-5-10-22-21(3-2-4-25(22)27-16)17-6-8-18(9-7-17)26(29)28-12-19-11-20-14-30-15-24(20)23(19)13-28/h2-10,19-20,23-24H,11-15H2,1H3/t19-,20+,23+,24-/m0/s1. The Labute approximate surface area is 176 Å². The first kappa shape index (κ1) is 18.1. The van der Waals surface area contributed by atoms with Gasteiger partial charge < -0.3 is 9.64 Å². The van der Waals surface area contributed by atoms with E-state index >= 15 is 0 Å². The van der Waals surface area contributed by atoms with Crippen LogP contribution in [0.3, 0.4) is 0 Å². The van der Waals surface area contributed by atoms with Gasteiger partial charge in [0.25, 0.3) is 5.91 Å². The van der Waals surface area contributed by atoms with E-state index < -0.39 is 0 Å². The van der Waals surface area contributed by atoms with E-state index in [9.17, 15) is 4.79 Å². The average molecular weight is 399 g/mol. The predicted octanol–water partition coefficient (Wildman–Crippen LogP) is 4.56. The van der Waals surface area contributed by atoms with E-state index in [2.05, 4.69) is 34.1 Å². The van der Waals surface area contributed by atoms with Gasteiger partial charge >= 0.3 is 0 Å². The van der Waals surface area contributed by atoms with Crippen molar-refractivity contribution in [2.75, 3.05) is 26.3 Å². The maximum Gasteiger partial charge on any atom is 0.253 e. The molecule has 3 aromatic rings. The number of carbonyl (C=O) groups is 1. The van der Waals surface area contributed by atoms with E-state index in [-0.39, 0.29) is 5.91 Å². The minimum absolute atomic E-state index is 0.168. The number of fused-ring (bicyclic) bond motifs is 4. The highest BCUT2D eigenvalue weighted by Gasteiger charge is 2.50. The molecule has 1 amide bonds. The van der Waals surface area contributed by atoms with Gasteiger partial charge in [-0.2, -0.15) is 0 Å². The molecule has 1 saturated carbocycles. The van der Waals surface area contributed by atoms with Crippen LogP contribution in [0.1, 0.15) is 22.5 Å². The Morgan fingerprint density at radius 3 is 2.70 bits per heavy atom. The van der Waals surface area contributed by atoms with Gasteiger partial charge in [-0.15, -0.1) is 0 Å². The third-order valence-electron chi connectivity index (χ3n) is 7.50. The Balaban J connectivity index is 1.23. The summed E-state index contributed by atoms with van der Waals surface area (Å²) in [6, 6.07) is 18.5. The van der Waals surface area contributed by atoms with Crippen LogP contribution in [0.15, 0.2) is 54.6 Å². The zero-order valence-electron chi connectivity index (χ0n) is 17.3. The van der Waals surface area contributed by atoms with Gasteiger partial charge in [-0.3, -0.25) is 9.78 Å². The van der Waals surface area contributed by atoms with E-state index in [0.29, 0.717) is 17.8 Å². The Morgan fingerprint density at radius 1 is 0.967 bits per heavy atom. The fourth-order valence-electron chi connectivity index (χ4n) is 6.00. The van der Waals surface area contributed by atoms with Crippen LogP contribution in [-0.4, -0.2) is 42.1 Å².